The van der Waals surface area contributed by atoms with E-state index >= 15 is 0 Å². The van der Waals surface area contributed by atoms with Crippen LogP contribution in [0.3, 0.4) is 0 Å². The Labute approximate surface area is 112 Å². The lowest BCUT2D eigenvalue weighted by Crippen LogP contribution is -2.32. The second kappa shape index (κ2) is 5.36. The molecule has 0 saturated carbocycles. The van der Waals surface area contributed by atoms with Crippen LogP contribution in [-0.4, -0.2) is 11.7 Å². The zero-order chi connectivity index (χ0) is 11.8. The first kappa shape index (κ1) is 14.5. The second-order valence-electron chi connectivity index (χ2n) is 4.81. The van der Waals surface area contributed by atoms with E-state index in [9.17, 15) is 5.11 Å². The highest BCUT2D eigenvalue weighted by molar-refractivity contribution is 7.17. The number of nitrogens with two attached hydrogens (primary N) is 1. The van der Waals surface area contributed by atoms with Crippen LogP contribution < -0.4 is 5.73 Å². The number of aliphatic hydroxyl groups is 1. The summed E-state index contributed by atoms with van der Waals surface area (Å²) in [4.78, 5) is 0. The molecule has 0 aliphatic heterocycles. The summed E-state index contributed by atoms with van der Waals surface area (Å²) in [5.74, 6) is 0. The molecule has 2 aromatic rings. The van der Waals surface area contributed by atoms with Gasteiger partial charge in [-0.2, -0.15) is 0 Å². The van der Waals surface area contributed by atoms with Crippen molar-refractivity contribution in [1.29, 1.82) is 0 Å². The average Bonchev–Trinajstić information content (AvgIpc) is 2.71. The van der Waals surface area contributed by atoms with Crippen LogP contribution in [0.25, 0.3) is 10.1 Å². The molecule has 17 heavy (non-hydrogen) atoms. The zero-order valence-corrected chi connectivity index (χ0v) is 11.6. The summed E-state index contributed by atoms with van der Waals surface area (Å²) in [6.45, 7) is 4.08. The number of hydrogen-bond donors (Lipinski definition) is 2. The molecule has 4 heteroatoms. The van der Waals surface area contributed by atoms with Gasteiger partial charge in [-0.25, -0.2) is 0 Å². The first-order chi connectivity index (χ1) is 7.56. The maximum atomic E-state index is 9.36. The topological polar surface area (TPSA) is 46.2 Å². The van der Waals surface area contributed by atoms with Gasteiger partial charge in [0, 0.05) is 22.8 Å². The van der Waals surface area contributed by atoms with E-state index in [0.717, 1.165) is 5.56 Å². The predicted molar refractivity (Wildman–Crippen MR) is 76.9 cm³/mol. The highest BCUT2D eigenvalue weighted by Gasteiger charge is 2.28. The van der Waals surface area contributed by atoms with Gasteiger partial charge in [-0.05, 0) is 22.4 Å². The molecular weight excluding hydrogens is 254 g/mol. The van der Waals surface area contributed by atoms with Crippen LogP contribution in [0.5, 0.6) is 0 Å². The van der Waals surface area contributed by atoms with Gasteiger partial charge in [0.1, 0.15) is 0 Å². The SMILES string of the molecule is CC(C)(CO)[C@@H](N)c1csc2ccccc12.Cl. The Morgan fingerprint density at radius 1 is 1.35 bits per heavy atom. The smallest absolute Gasteiger partial charge is 0.0500 e. The molecule has 2 rings (SSSR count). The summed E-state index contributed by atoms with van der Waals surface area (Å²) in [5, 5.41) is 12.7. The Bertz CT molecular complexity index is 495. The van der Waals surface area contributed by atoms with Crippen LogP contribution in [0.4, 0.5) is 0 Å². The summed E-state index contributed by atoms with van der Waals surface area (Å²) in [6, 6.07) is 8.12. The lowest BCUT2D eigenvalue weighted by Gasteiger charge is -2.29. The molecule has 94 valence electrons. The maximum Gasteiger partial charge on any atom is 0.0500 e. The fourth-order valence-corrected chi connectivity index (χ4v) is 2.76. The van der Waals surface area contributed by atoms with Crippen molar-refractivity contribution in [2.75, 3.05) is 6.61 Å². The molecule has 1 heterocycles. The molecule has 0 saturated heterocycles. The Balaban J connectivity index is 0.00000144. The predicted octanol–water partition coefficient (Wildman–Crippen LogP) is 3.34. The van der Waals surface area contributed by atoms with Crippen molar-refractivity contribution in [2.45, 2.75) is 19.9 Å². The Kier molecular flexibility index (Phi) is 4.55. The van der Waals surface area contributed by atoms with Gasteiger partial charge >= 0.3 is 0 Å². The lowest BCUT2D eigenvalue weighted by atomic mass is 9.82. The highest BCUT2D eigenvalue weighted by Crippen LogP contribution is 2.37. The molecular formula is C13H18ClNOS. The molecule has 0 bridgehead atoms. The Morgan fingerprint density at radius 3 is 2.65 bits per heavy atom. The van der Waals surface area contributed by atoms with E-state index < -0.39 is 0 Å². The molecule has 2 nitrogen and oxygen atoms in total. The van der Waals surface area contributed by atoms with Crippen LogP contribution in [-0.2, 0) is 0 Å². The molecule has 0 aliphatic rings. The van der Waals surface area contributed by atoms with E-state index in [1.807, 2.05) is 26.0 Å². The summed E-state index contributed by atoms with van der Waals surface area (Å²) in [5.41, 5.74) is 7.09. The number of benzene rings is 1. The Hall–Kier alpha value is -0.610. The Morgan fingerprint density at radius 2 is 2.00 bits per heavy atom. The molecule has 1 aromatic heterocycles. The third kappa shape index (κ3) is 2.63. The molecule has 0 amide bonds. The van der Waals surface area contributed by atoms with Gasteiger partial charge in [0.15, 0.2) is 0 Å². The summed E-state index contributed by atoms with van der Waals surface area (Å²) >= 11 is 1.71. The third-order valence-corrected chi connectivity index (χ3v) is 4.08. The summed E-state index contributed by atoms with van der Waals surface area (Å²) < 4.78 is 1.25. The van der Waals surface area contributed by atoms with Crippen molar-refractivity contribution in [2.24, 2.45) is 11.1 Å². The molecule has 1 atom stereocenters. The van der Waals surface area contributed by atoms with Gasteiger partial charge in [-0.1, -0.05) is 32.0 Å². The number of halogens is 1. The standard InChI is InChI=1S/C13H17NOS.ClH/c1-13(2,8-15)12(14)10-7-16-11-6-4-3-5-9(10)11;/h3-7,12,15H,8,14H2,1-2H3;1H/t12-;/m0./s1. The van der Waals surface area contributed by atoms with Gasteiger partial charge in [0.2, 0.25) is 0 Å². The minimum atomic E-state index is -0.288. The molecule has 1 aromatic carbocycles. The molecule has 0 unspecified atom stereocenters. The van der Waals surface area contributed by atoms with Gasteiger partial charge in [-0.15, -0.1) is 23.7 Å². The fourth-order valence-electron chi connectivity index (χ4n) is 1.76. The number of hydrogen-bond acceptors (Lipinski definition) is 3. The molecule has 0 fully saturated rings. The van der Waals surface area contributed by atoms with Crippen molar-refractivity contribution >= 4 is 33.8 Å². The lowest BCUT2D eigenvalue weighted by molar-refractivity contribution is 0.133. The molecule has 0 spiro atoms. The van der Waals surface area contributed by atoms with Gasteiger partial charge in [0.05, 0.1) is 0 Å². The first-order valence-corrected chi connectivity index (χ1v) is 6.27. The molecule has 0 radical (unpaired) electrons. The van der Waals surface area contributed by atoms with Crippen LogP contribution in [0.2, 0.25) is 0 Å². The monoisotopic (exact) mass is 271 g/mol. The van der Waals surface area contributed by atoms with Crippen LogP contribution >= 0.6 is 23.7 Å². The van der Waals surface area contributed by atoms with E-state index in [-0.39, 0.29) is 30.5 Å². The fraction of sp³-hybridized carbons (Fsp3) is 0.385. The van der Waals surface area contributed by atoms with E-state index in [0.29, 0.717) is 0 Å². The second-order valence-corrected chi connectivity index (χ2v) is 5.72. The minimum Gasteiger partial charge on any atom is -0.396 e. The van der Waals surface area contributed by atoms with E-state index in [1.165, 1.54) is 10.1 Å². The number of thiophene rings is 1. The molecule has 3 N–H and O–H groups in total. The van der Waals surface area contributed by atoms with Gasteiger partial charge in [-0.3, -0.25) is 0 Å². The molecule has 0 aliphatic carbocycles. The van der Waals surface area contributed by atoms with Crippen molar-refractivity contribution in [3.05, 3.63) is 35.2 Å². The summed E-state index contributed by atoms with van der Waals surface area (Å²) in [6.07, 6.45) is 0. The summed E-state index contributed by atoms with van der Waals surface area (Å²) in [7, 11) is 0. The quantitative estimate of drug-likeness (QED) is 0.899. The average molecular weight is 272 g/mol. The number of rotatable bonds is 3. The minimum absolute atomic E-state index is 0. The largest absolute Gasteiger partial charge is 0.396 e. The van der Waals surface area contributed by atoms with Crippen LogP contribution in [0.15, 0.2) is 29.6 Å². The van der Waals surface area contributed by atoms with E-state index in [2.05, 4.69) is 17.5 Å². The van der Waals surface area contributed by atoms with Crippen molar-refractivity contribution in [3.63, 3.8) is 0 Å². The maximum absolute atomic E-state index is 9.36. The zero-order valence-electron chi connectivity index (χ0n) is 10.0. The van der Waals surface area contributed by atoms with Crippen LogP contribution in [0.1, 0.15) is 25.5 Å². The van der Waals surface area contributed by atoms with E-state index in [4.69, 9.17) is 5.73 Å². The normalized spacial score (nSPS) is 13.4. The highest BCUT2D eigenvalue weighted by atomic mass is 35.5. The van der Waals surface area contributed by atoms with Crippen LogP contribution in [0, 0.1) is 5.41 Å². The van der Waals surface area contributed by atoms with Crippen molar-refractivity contribution < 1.29 is 5.11 Å². The first-order valence-electron chi connectivity index (χ1n) is 5.39. The number of fused-ring (bicyclic) bond motifs is 1. The van der Waals surface area contributed by atoms with E-state index in [1.54, 1.807) is 11.3 Å². The number of aliphatic hydroxyl groups excluding tert-OH is 1. The van der Waals surface area contributed by atoms with Crippen molar-refractivity contribution in [3.8, 4) is 0 Å². The van der Waals surface area contributed by atoms with Gasteiger partial charge in [0.25, 0.3) is 0 Å². The third-order valence-electron chi connectivity index (χ3n) is 3.10. The van der Waals surface area contributed by atoms with Gasteiger partial charge < -0.3 is 10.8 Å². The van der Waals surface area contributed by atoms with Crippen molar-refractivity contribution in [1.82, 2.24) is 0 Å².